The molecule has 1 N–H and O–H groups in total. The van der Waals surface area contributed by atoms with E-state index in [0.717, 1.165) is 15.7 Å². The van der Waals surface area contributed by atoms with Crippen molar-refractivity contribution in [1.82, 2.24) is 14.2 Å². The van der Waals surface area contributed by atoms with E-state index in [4.69, 9.17) is 4.74 Å². The number of esters is 1. The zero-order valence-electron chi connectivity index (χ0n) is 19.0. The summed E-state index contributed by atoms with van der Waals surface area (Å²) in [6, 6.07) is 17.8. The van der Waals surface area contributed by atoms with Crippen LogP contribution in [0.25, 0.3) is 5.69 Å². The van der Waals surface area contributed by atoms with Gasteiger partial charge in [0.2, 0.25) is 10.0 Å². The largest absolute Gasteiger partial charge is 0.452 e. The van der Waals surface area contributed by atoms with Gasteiger partial charge >= 0.3 is 5.97 Å². The molecular formula is C24H27N3O5S. The van der Waals surface area contributed by atoms with Crippen molar-refractivity contribution >= 4 is 21.9 Å². The number of nitrogens with zero attached hydrogens (tertiary/aromatic N) is 2. The number of carbonyl (C=O) groups excluding carboxylic acids is 2. The molecule has 174 valence electrons. The van der Waals surface area contributed by atoms with Crippen LogP contribution in [0.15, 0.2) is 65.6 Å². The van der Waals surface area contributed by atoms with Crippen molar-refractivity contribution in [2.24, 2.45) is 0 Å². The second-order valence-corrected chi connectivity index (χ2v) is 9.82. The fraction of sp³-hybridized carbons (Fsp3) is 0.250. The van der Waals surface area contributed by atoms with Crippen LogP contribution in [0.4, 0.5) is 0 Å². The van der Waals surface area contributed by atoms with E-state index in [1.165, 1.54) is 20.2 Å². The highest BCUT2D eigenvalue weighted by Gasteiger charge is 2.22. The van der Waals surface area contributed by atoms with Gasteiger partial charge in [0.05, 0.1) is 10.5 Å². The van der Waals surface area contributed by atoms with Crippen molar-refractivity contribution in [1.29, 1.82) is 0 Å². The summed E-state index contributed by atoms with van der Waals surface area (Å²) >= 11 is 0. The number of aromatic nitrogens is 1. The van der Waals surface area contributed by atoms with Gasteiger partial charge in [-0.2, -0.15) is 0 Å². The minimum Gasteiger partial charge on any atom is -0.452 e. The van der Waals surface area contributed by atoms with Gasteiger partial charge in [0.1, 0.15) is 0 Å². The van der Waals surface area contributed by atoms with E-state index in [0.29, 0.717) is 16.8 Å². The maximum absolute atomic E-state index is 12.6. The molecule has 0 radical (unpaired) electrons. The molecule has 0 aliphatic rings. The van der Waals surface area contributed by atoms with Crippen LogP contribution >= 0.6 is 0 Å². The highest BCUT2D eigenvalue weighted by molar-refractivity contribution is 7.89. The highest BCUT2D eigenvalue weighted by Crippen LogP contribution is 2.21. The van der Waals surface area contributed by atoms with Gasteiger partial charge in [0, 0.05) is 37.7 Å². The molecule has 0 aliphatic carbocycles. The number of rotatable bonds is 8. The molecule has 33 heavy (non-hydrogen) atoms. The molecule has 0 saturated carbocycles. The third-order valence-corrected chi connectivity index (χ3v) is 7.12. The zero-order valence-corrected chi connectivity index (χ0v) is 19.8. The van der Waals surface area contributed by atoms with Gasteiger partial charge in [-0.25, -0.2) is 17.5 Å². The Kier molecular flexibility index (Phi) is 7.35. The third kappa shape index (κ3) is 5.32. The Morgan fingerprint density at radius 1 is 1.00 bits per heavy atom. The number of amides is 1. The summed E-state index contributed by atoms with van der Waals surface area (Å²) in [5.74, 6) is -1.13. The number of para-hydroxylation sites is 1. The molecule has 8 nitrogen and oxygen atoms in total. The van der Waals surface area contributed by atoms with Crippen molar-refractivity contribution in [3.05, 3.63) is 83.2 Å². The number of nitrogens with one attached hydrogen (secondary N) is 1. The predicted molar refractivity (Wildman–Crippen MR) is 125 cm³/mol. The van der Waals surface area contributed by atoms with Crippen LogP contribution in [0, 0.1) is 13.8 Å². The Hall–Kier alpha value is -3.43. The predicted octanol–water partition coefficient (Wildman–Crippen LogP) is 2.82. The van der Waals surface area contributed by atoms with E-state index in [1.807, 2.05) is 48.7 Å². The van der Waals surface area contributed by atoms with Gasteiger partial charge in [-0.15, -0.1) is 0 Å². The van der Waals surface area contributed by atoms with Crippen LogP contribution in [0.1, 0.15) is 27.3 Å². The summed E-state index contributed by atoms with van der Waals surface area (Å²) in [6.45, 7) is 3.22. The topological polar surface area (TPSA) is 97.7 Å². The van der Waals surface area contributed by atoms with E-state index in [1.54, 1.807) is 24.3 Å². The van der Waals surface area contributed by atoms with E-state index in [2.05, 4.69) is 5.32 Å². The Morgan fingerprint density at radius 2 is 1.64 bits per heavy atom. The smallest absolute Gasteiger partial charge is 0.340 e. The summed E-state index contributed by atoms with van der Waals surface area (Å²) in [6.07, 6.45) is 0. The molecule has 0 spiro atoms. The van der Waals surface area contributed by atoms with Crippen molar-refractivity contribution in [2.45, 2.75) is 25.3 Å². The first-order valence-electron chi connectivity index (χ1n) is 10.3. The van der Waals surface area contributed by atoms with Crippen LogP contribution in [-0.2, 0) is 26.1 Å². The fourth-order valence-electron chi connectivity index (χ4n) is 3.50. The molecule has 3 aromatic rings. The Morgan fingerprint density at radius 3 is 2.30 bits per heavy atom. The first kappa shape index (κ1) is 24.2. The average Bonchev–Trinajstić information content (AvgIpc) is 3.10. The molecule has 0 saturated heterocycles. The SMILES string of the molecule is Cc1cc(C(=O)OCC(=O)NCc2ccccc2S(=O)(=O)N(C)C)c(C)n1-c1ccccc1. The Labute approximate surface area is 193 Å². The second-order valence-electron chi connectivity index (χ2n) is 7.70. The van der Waals surface area contributed by atoms with Gasteiger partial charge < -0.3 is 14.6 Å². The van der Waals surface area contributed by atoms with Crippen LogP contribution in [-0.4, -0.2) is 49.9 Å². The standard InChI is InChI=1S/C24H27N3O5S/c1-17-14-21(18(2)27(17)20-11-6-5-7-12-20)24(29)32-16-23(28)25-15-19-10-8-9-13-22(19)33(30,31)26(3)4/h5-14H,15-16H2,1-4H3,(H,25,28). The molecule has 1 heterocycles. The number of carbonyl (C=O) groups is 2. The number of sulfonamides is 1. The molecule has 2 aromatic carbocycles. The molecule has 0 unspecified atom stereocenters. The Bertz CT molecular complexity index is 1260. The van der Waals surface area contributed by atoms with Crippen molar-refractivity contribution < 1.29 is 22.7 Å². The van der Waals surface area contributed by atoms with Gasteiger partial charge in [0.25, 0.3) is 5.91 Å². The molecule has 3 rings (SSSR count). The van der Waals surface area contributed by atoms with Crippen LogP contribution < -0.4 is 5.32 Å². The fourth-order valence-corrected chi connectivity index (χ4v) is 4.61. The summed E-state index contributed by atoms with van der Waals surface area (Å²) in [7, 11) is -0.766. The maximum Gasteiger partial charge on any atom is 0.340 e. The first-order valence-corrected chi connectivity index (χ1v) is 11.8. The molecule has 1 amide bonds. The lowest BCUT2D eigenvalue weighted by Crippen LogP contribution is -2.30. The van der Waals surface area contributed by atoms with E-state index in [-0.39, 0.29) is 11.4 Å². The second kappa shape index (κ2) is 10.0. The number of hydrogen-bond donors (Lipinski definition) is 1. The maximum atomic E-state index is 12.6. The van der Waals surface area contributed by atoms with Crippen molar-refractivity contribution in [3.8, 4) is 5.69 Å². The molecular weight excluding hydrogens is 442 g/mol. The molecule has 0 bridgehead atoms. The number of benzene rings is 2. The van der Waals surface area contributed by atoms with Crippen LogP contribution in [0.5, 0.6) is 0 Å². The summed E-state index contributed by atoms with van der Waals surface area (Å²) in [5.41, 5.74) is 3.33. The molecule has 1 aromatic heterocycles. The summed E-state index contributed by atoms with van der Waals surface area (Å²) < 4.78 is 33.2. The average molecular weight is 470 g/mol. The monoisotopic (exact) mass is 469 g/mol. The lowest BCUT2D eigenvalue weighted by atomic mass is 10.2. The van der Waals surface area contributed by atoms with E-state index in [9.17, 15) is 18.0 Å². The van der Waals surface area contributed by atoms with Gasteiger partial charge in [-0.1, -0.05) is 36.4 Å². The summed E-state index contributed by atoms with van der Waals surface area (Å²) in [4.78, 5) is 25.0. The molecule has 9 heteroatoms. The van der Waals surface area contributed by atoms with Crippen molar-refractivity contribution in [3.63, 3.8) is 0 Å². The third-order valence-electron chi connectivity index (χ3n) is 5.21. The first-order chi connectivity index (χ1) is 15.6. The van der Waals surface area contributed by atoms with Crippen molar-refractivity contribution in [2.75, 3.05) is 20.7 Å². The highest BCUT2D eigenvalue weighted by atomic mass is 32.2. The van der Waals surface area contributed by atoms with Crippen LogP contribution in [0.2, 0.25) is 0 Å². The lowest BCUT2D eigenvalue weighted by Gasteiger charge is -2.15. The Balaban J connectivity index is 1.64. The lowest BCUT2D eigenvalue weighted by molar-refractivity contribution is -0.124. The van der Waals surface area contributed by atoms with E-state index < -0.39 is 28.5 Å². The van der Waals surface area contributed by atoms with E-state index >= 15 is 0 Å². The minimum absolute atomic E-state index is 0.0118. The zero-order chi connectivity index (χ0) is 24.2. The normalized spacial score (nSPS) is 11.4. The number of hydrogen-bond acceptors (Lipinski definition) is 5. The number of ether oxygens (including phenoxy) is 1. The van der Waals surface area contributed by atoms with Crippen LogP contribution in [0.3, 0.4) is 0 Å². The van der Waals surface area contributed by atoms with Gasteiger partial charge in [0.15, 0.2) is 6.61 Å². The van der Waals surface area contributed by atoms with Gasteiger partial charge in [-0.05, 0) is 43.7 Å². The summed E-state index contributed by atoms with van der Waals surface area (Å²) in [5, 5.41) is 2.61. The minimum atomic E-state index is -3.65. The molecule has 0 aliphatic heterocycles. The molecule has 0 atom stereocenters. The molecule has 0 fully saturated rings. The van der Waals surface area contributed by atoms with Gasteiger partial charge in [-0.3, -0.25) is 4.79 Å². The quantitative estimate of drug-likeness (QED) is 0.512. The number of aryl methyl sites for hydroxylation is 1.